The molecule has 0 aliphatic carbocycles. The van der Waals surface area contributed by atoms with Crippen LogP contribution in [0.4, 0.5) is 17.6 Å². The van der Waals surface area contributed by atoms with Gasteiger partial charge in [0.1, 0.15) is 6.61 Å². The monoisotopic (exact) mass is 228 g/mol. The molecule has 9 heteroatoms. The van der Waals surface area contributed by atoms with Crippen LogP contribution in [0.25, 0.3) is 0 Å². The van der Waals surface area contributed by atoms with Gasteiger partial charge in [0.2, 0.25) is 0 Å². The molecule has 2 N–H and O–H groups in total. The minimum Gasteiger partial charge on any atom is -0.390 e. The van der Waals surface area contributed by atoms with E-state index in [-0.39, 0.29) is 0 Å². The fraction of sp³-hybridized carbons (Fsp3) is 1.00. The van der Waals surface area contributed by atoms with Gasteiger partial charge in [-0.2, -0.15) is 17.2 Å². The number of halogens is 4. The summed E-state index contributed by atoms with van der Waals surface area (Å²) in [5, 5.41) is 7.53. The Hall–Kier alpha value is -0.410. The van der Waals surface area contributed by atoms with Gasteiger partial charge in [0.15, 0.2) is 0 Å². The molecule has 0 spiro atoms. The molecule has 0 unspecified atom stereocenters. The Morgan fingerprint density at radius 1 is 1.38 bits per heavy atom. The van der Waals surface area contributed by atoms with Crippen molar-refractivity contribution in [2.24, 2.45) is 0 Å². The number of alkyl halides is 4. The summed E-state index contributed by atoms with van der Waals surface area (Å²) in [5.41, 5.74) is 0. The topological polar surface area (TPSA) is 74.6 Å². The lowest BCUT2D eigenvalue weighted by Gasteiger charge is -2.09. The average Bonchev–Trinajstić information content (AvgIpc) is 1.83. The molecule has 0 aromatic heterocycles. The van der Waals surface area contributed by atoms with Crippen molar-refractivity contribution in [1.29, 1.82) is 0 Å². The fourth-order valence-electron chi connectivity index (χ4n) is 0.0690. The zero-order valence-corrected chi connectivity index (χ0v) is 7.23. The summed E-state index contributed by atoms with van der Waals surface area (Å²) in [5.74, 6) is -4.24. The summed E-state index contributed by atoms with van der Waals surface area (Å²) in [6.07, 6.45) is -3.06. The minimum absolute atomic E-state index is 0.715. The second-order valence-corrected chi connectivity index (χ2v) is 3.42. The first-order chi connectivity index (χ1) is 5.50. The van der Waals surface area contributed by atoms with E-state index in [0.717, 1.165) is 0 Å². The van der Waals surface area contributed by atoms with Gasteiger partial charge < -0.3 is 5.11 Å². The number of hydrogen-bond donors (Lipinski definition) is 2. The zero-order valence-electron chi connectivity index (χ0n) is 6.42. The van der Waals surface area contributed by atoms with Crippen LogP contribution in [0.15, 0.2) is 0 Å². The van der Waals surface area contributed by atoms with Crippen molar-refractivity contribution in [1.82, 2.24) is 0 Å². The zero-order chi connectivity index (χ0) is 11.3. The second kappa shape index (κ2) is 5.35. The van der Waals surface area contributed by atoms with Crippen molar-refractivity contribution in [2.45, 2.75) is 12.3 Å². The van der Waals surface area contributed by atoms with Crippen molar-refractivity contribution < 1.29 is 35.6 Å². The van der Waals surface area contributed by atoms with Gasteiger partial charge in [-0.3, -0.25) is 4.55 Å². The first kappa shape index (κ1) is 15.1. The molecule has 0 saturated carbocycles. The van der Waals surface area contributed by atoms with Crippen LogP contribution in [0.2, 0.25) is 0 Å². The molecule has 0 amide bonds. The Morgan fingerprint density at radius 3 is 1.62 bits per heavy atom. The minimum atomic E-state index is -4.24. The van der Waals surface area contributed by atoms with Gasteiger partial charge in [-0.15, -0.1) is 0 Å². The van der Waals surface area contributed by atoms with Crippen LogP contribution >= 0.6 is 0 Å². The van der Waals surface area contributed by atoms with Gasteiger partial charge in [-0.25, -0.2) is 8.78 Å². The van der Waals surface area contributed by atoms with Crippen molar-refractivity contribution >= 4 is 10.1 Å². The molecule has 0 aliphatic heterocycles. The van der Waals surface area contributed by atoms with Gasteiger partial charge in [0, 0.05) is 0 Å². The summed E-state index contributed by atoms with van der Waals surface area (Å²) in [4.78, 5) is 0. The maximum atomic E-state index is 11.3. The molecular weight excluding hydrogens is 220 g/mol. The number of hydrogen-bond acceptors (Lipinski definition) is 3. The number of aliphatic hydroxyl groups is 1. The highest BCUT2D eigenvalue weighted by molar-refractivity contribution is 7.85. The summed E-state index contributed by atoms with van der Waals surface area (Å²) < 4.78 is 70.2. The molecule has 0 aromatic carbocycles. The lowest BCUT2D eigenvalue weighted by molar-refractivity contribution is -0.153. The molecule has 0 heterocycles. The highest BCUT2D eigenvalue weighted by atomic mass is 32.2. The smallest absolute Gasteiger partial charge is 0.329 e. The third-order valence-corrected chi connectivity index (χ3v) is 0.530. The van der Waals surface area contributed by atoms with Crippen LogP contribution in [0.3, 0.4) is 0 Å². The highest BCUT2D eigenvalue weighted by Gasteiger charge is 2.39. The van der Waals surface area contributed by atoms with Gasteiger partial charge in [0.25, 0.3) is 10.1 Å². The van der Waals surface area contributed by atoms with Crippen molar-refractivity contribution in [3.63, 3.8) is 0 Å². The Labute approximate surface area is 71.9 Å². The predicted octanol–water partition coefficient (Wildman–Crippen LogP) is 0.383. The summed E-state index contributed by atoms with van der Waals surface area (Å²) in [6, 6.07) is 0. The molecule has 13 heavy (non-hydrogen) atoms. The summed E-state index contributed by atoms with van der Waals surface area (Å²) >= 11 is 0. The molecule has 0 saturated heterocycles. The van der Waals surface area contributed by atoms with E-state index in [1.165, 1.54) is 0 Å². The maximum absolute atomic E-state index is 11.3. The average molecular weight is 228 g/mol. The summed E-state index contributed by atoms with van der Waals surface area (Å²) in [7, 11) is -3.67. The maximum Gasteiger partial charge on any atom is 0.329 e. The van der Waals surface area contributed by atoms with E-state index in [4.69, 9.17) is 9.66 Å². The van der Waals surface area contributed by atoms with Crippen LogP contribution in [0.1, 0.15) is 0 Å². The summed E-state index contributed by atoms with van der Waals surface area (Å²) in [6.45, 7) is -1.80. The Balaban J connectivity index is 0. The van der Waals surface area contributed by atoms with E-state index < -0.39 is 29.1 Å². The first-order valence-electron chi connectivity index (χ1n) is 2.70. The van der Waals surface area contributed by atoms with Gasteiger partial charge in [-0.05, 0) is 0 Å². The van der Waals surface area contributed by atoms with Crippen LogP contribution in [-0.4, -0.2) is 43.3 Å². The van der Waals surface area contributed by atoms with Crippen LogP contribution in [0, 0.1) is 0 Å². The van der Waals surface area contributed by atoms with Crippen LogP contribution in [-0.2, 0) is 10.1 Å². The quantitative estimate of drug-likeness (QED) is 0.529. The first-order valence-corrected chi connectivity index (χ1v) is 4.55. The Bertz CT molecular complexity index is 216. The molecule has 82 valence electrons. The highest BCUT2D eigenvalue weighted by Crippen LogP contribution is 2.20. The van der Waals surface area contributed by atoms with E-state index >= 15 is 0 Å². The standard InChI is InChI=1S/C3H4F4O.CH4O3S/c4-2(5)3(6,7)1-8;1-5(2,3)4/h2,8H,1H2;1H3,(H,2,3,4). The van der Waals surface area contributed by atoms with Gasteiger partial charge in [-0.1, -0.05) is 0 Å². The van der Waals surface area contributed by atoms with E-state index in [0.29, 0.717) is 6.26 Å². The molecule has 0 aliphatic rings. The third kappa shape index (κ3) is 14.4. The van der Waals surface area contributed by atoms with Gasteiger partial charge in [0.05, 0.1) is 6.26 Å². The van der Waals surface area contributed by atoms with Crippen molar-refractivity contribution in [2.75, 3.05) is 12.9 Å². The van der Waals surface area contributed by atoms with Crippen molar-refractivity contribution in [3.8, 4) is 0 Å². The predicted molar refractivity (Wildman–Crippen MR) is 35.5 cm³/mol. The second-order valence-electron chi connectivity index (χ2n) is 1.95. The van der Waals surface area contributed by atoms with E-state index in [1.54, 1.807) is 0 Å². The molecule has 0 aromatic rings. The Morgan fingerprint density at radius 2 is 1.62 bits per heavy atom. The third-order valence-electron chi connectivity index (χ3n) is 0.530. The lowest BCUT2D eigenvalue weighted by atomic mass is 10.4. The van der Waals surface area contributed by atoms with Crippen LogP contribution < -0.4 is 0 Å². The van der Waals surface area contributed by atoms with Crippen LogP contribution in [0.5, 0.6) is 0 Å². The molecule has 0 fully saturated rings. The normalized spacial score (nSPS) is 12.3. The molecular formula is C4H8F4O4S. The van der Waals surface area contributed by atoms with E-state index in [2.05, 4.69) is 0 Å². The molecule has 0 rings (SSSR count). The molecule has 0 bridgehead atoms. The number of aliphatic hydroxyl groups excluding tert-OH is 1. The van der Waals surface area contributed by atoms with E-state index in [9.17, 15) is 26.0 Å². The molecule has 0 atom stereocenters. The lowest BCUT2D eigenvalue weighted by Crippen LogP contribution is -2.30. The molecule has 4 nitrogen and oxygen atoms in total. The fourth-order valence-corrected chi connectivity index (χ4v) is 0.0690. The van der Waals surface area contributed by atoms with E-state index in [1.807, 2.05) is 0 Å². The number of rotatable bonds is 2. The largest absolute Gasteiger partial charge is 0.390 e. The van der Waals surface area contributed by atoms with Gasteiger partial charge >= 0.3 is 12.3 Å². The van der Waals surface area contributed by atoms with Crippen molar-refractivity contribution in [3.05, 3.63) is 0 Å². The SMILES string of the molecule is CS(=O)(=O)O.OCC(F)(F)C(F)F. The molecule has 0 radical (unpaired) electrons. The Kier molecular flexibility index (Phi) is 6.20.